The number of carbonyl (C=O) groups excluding carboxylic acids is 1. The van der Waals surface area contributed by atoms with Gasteiger partial charge in [-0.3, -0.25) is 0 Å². The van der Waals surface area contributed by atoms with Crippen molar-refractivity contribution in [1.82, 2.24) is 0 Å². The van der Waals surface area contributed by atoms with Crippen molar-refractivity contribution >= 4 is 5.97 Å². The molecule has 1 saturated heterocycles. The van der Waals surface area contributed by atoms with Gasteiger partial charge in [0.25, 0.3) is 0 Å². The van der Waals surface area contributed by atoms with Crippen LogP contribution in [0.1, 0.15) is 10.4 Å². The summed E-state index contributed by atoms with van der Waals surface area (Å²) in [6.07, 6.45) is -6.22. The van der Waals surface area contributed by atoms with Crippen LogP contribution in [0, 0.1) is 0 Å². The topological polar surface area (TPSA) is 115 Å². The summed E-state index contributed by atoms with van der Waals surface area (Å²) in [7, 11) is 2.80. The fraction of sp³-hybridized carbons (Fsp3) is 0.533. The number of hydrogen-bond acceptors (Lipinski definition) is 8. The number of ether oxygens (including phenoxy) is 4. The van der Waals surface area contributed by atoms with Gasteiger partial charge in [0, 0.05) is 7.11 Å². The van der Waals surface area contributed by atoms with Crippen LogP contribution in [0.5, 0.6) is 5.75 Å². The highest BCUT2D eigenvalue weighted by Crippen LogP contribution is 2.25. The molecule has 8 heteroatoms. The van der Waals surface area contributed by atoms with Crippen LogP contribution in [0.15, 0.2) is 24.3 Å². The van der Waals surface area contributed by atoms with Gasteiger partial charge in [0.05, 0.1) is 19.3 Å². The molecule has 2 rings (SSSR count). The Morgan fingerprint density at radius 1 is 1.17 bits per heavy atom. The molecule has 0 saturated carbocycles. The molecule has 23 heavy (non-hydrogen) atoms. The van der Waals surface area contributed by atoms with Gasteiger partial charge in [-0.1, -0.05) is 0 Å². The van der Waals surface area contributed by atoms with Crippen LogP contribution in [-0.2, 0) is 14.2 Å². The summed E-state index contributed by atoms with van der Waals surface area (Å²) in [6, 6.07) is 6.16. The van der Waals surface area contributed by atoms with Crippen LogP contribution in [0.4, 0.5) is 0 Å². The standard InChI is InChI=1S/C15H20O8/c1-20-9-5-3-8(4-6-9)14(19)23-13-11(17)10(7-16)22-15(21-2)12(13)18/h3-6,10-13,15-18H,7H2,1-2H3/t10-,11-,12-,13+,15+/m1/s1. The van der Waals surface area contributed by atoms with Gasteiger partial charge in [-0.2, -0.15) is 0 Å². The van der Waals surface area contributed by atoms with Crippen molar-refractivity contribution in [1.29, 1.82) is 0 Å². The molecule has 0 amide bonds. The molecule has 0 radical (unpaired) electrons. The number of hydrogen-bond donors (Lipinski definition) is 3. The number of methoxy groups -OCH3 is 2. The van der Waals surface area contributed by atoms with E-state index in [9.17, 15) is 20.1 Å². The van der Waals surface area contributed by atoms with Crippen molar-refractivity contribution in [3.05, 3.63) is 29.8 Å². The first-order chi connectivity index (χ1) is 11.0. The van der Waals surface area contributed by atoms with Gasteiger partial charge in [-0.05, 0) is 24.3 Å². The second kappa shape index (κ2) is 7.71. The minimum atomic E-state index is -1.39. The van der Waals surface area contributed by atoms with Crippen LogP contribution in [-0.4, -0.2) is 72.8 Å². The molecular formula is C15H20O8. The summed E-state index contributed by atoms with van der Waals surface area (Å²) in [5, 5.41) is 29.4. The normalized spacial score (nSPS) is 30.7. The Hall–Kier alpha value is -1.71. The van der Waals surface area contributed by atoms with Crippen LogP contribution in [0.2, 0.25) is 0 Å². The number of aliphatic hydroxyl groups is 3. The van der Waals surface area contributed by atoms with E-state index in [1.54, 1.807) is 12.1 Å². The molecule has 8 nitrogen and oxygen atoms in total. The third-order valence-corrected chi connectivity index (χ3v) is 3.62. The van der Waals surface area contributed by atoms with Crippen LogP contribution in [0.3, 0.4) is 0 Å². The molecule has 5 atom stereocenters. The van der Waals surface area contributed by atoms with E-state index < -0.39 is 43.3 Å². The quantitative estimate of drug-likeness (QED) is 0.608. The van der Waals surface area contributed by atoms with Gasteiger partial charge in [0.2, 0.25) is 0 Å². The number of esters is 1. The minimum absolute atomic E-state index is 0.228. The molecule has 1 aromatic rings. The van der Waals surface area contributed by atoms with Crippen LogP contribution < -0.4 is 4.74 Å². The Balaban J connectivity index is 2.12. The lowest BCUT2D eigenvalue weighted by Crippen LogP contribution is -2.60. The van der Waals surface area contributed by atoms with Crippen molar-refractivity contribution in [3.63, 3.8) is 0 Å². The van der Waals surface area contributed by atoms with E-state index in [-0.39, 0.29) is 5.56 Å². The fourth-order valence-corrected chi connectivity index (χ4v) is 2.31. The van der Waals surface area contributed by atoms with E-state index in [0.29, 0.717) is 5.75 Å². The van der Waals surface area contributed by atoms with E-state index >= 15 is 0 Å². The second-order valence-electron chi connectivity index (χ2n) is 5.04. The molecule has 0 aliphatic carbocycles. The van der Waals surface area contributed by atoms with E-state index in [1.807, 2.05) is 0 Å². The van der Waals surface area contributed by atoms with Gasteiger partial charge < -0.3 is 34.3 Å². The highest BCUT2D eigenvalue weighted by atomic mass is 16.7. The third kappa shape index (κ3) is 3.80. The zero-order chi connectivity index (χ0) is 17.0. The van der Waals surface area contributed by atoms with E-state index in [1.165, 1.54) is 26.4 Å². The molecular weight excluding hydrogens is 308 g/mol. The van der Waals surface area contributed by atoms with Crippen LogP contribution in [0.25, 0.3) is 0 Å². The Morgan fingerprint density at radius 3 is 2.35 bits per heavy atom. The molecule has 1 heterocycles. The Labute approximate surface area is 133 Å². The molecule has 3 N–H and O–H groups in total. The molecule has 0 unspecified atom stereocenters. The first-order valence-corrected chi connectivity index (χ1v) is 7.02. The maximum absolute atomic E-state index is 12.2. The van der Waals surface area contributed by atoms with Gasteiger partial charge in [0.15, 0.2) is 12.4 Å². The molecule has 128 valence electrons. The lowest BCUT2D eigenvalue weighted by molar-refractivity contribution is -0.293. The largest absolute Gasteiger partial charge is 0.497 e. The molecule has 0 bridgehead atoms. The van der Waals surface area contributed by atoms with Crippen molar-refractivity contribution in [2.75, 3.05) is 20.8 Å². The van der Waals surface area contributed by atoms with Gasteiger partial charge in [-0.15, -0.1) is 0 Å². The van der Waals surface area contributed by atoms with E-state index in [2.05, 4.69) is 0 Å². The highest BCUT2D eigenvalue weighted by Gasteiger charge is 2.46. The van der Waals surface area contributed by atoms with Crippen molar-refractivity contribution < 1.29 is 39.1 Å². The molecule has 1 aliphatic heterocycles. The number of aliphatic hydroxyl groups excluding tert-OH is 3. The molecule has 1 fully saturated rings. The van der Waals surface area contributed by atoms with E-state index in [0.717, 1.165) is 0 Å². The molecule has 1 aromatic carbocycles. The monoisotopic (exact) mass is 328 g/mol. The van der Waals surface area contributed by atoms with Gasteiger partial charge in [-0.25, -0.2) is 4.79 Å². The van der Waals surface area contributed by atoms with Gasteiger partial charge >= 0.3 is 5.97 Å². The summed E-state index contributed by atoms with van der Waals surface area (Å²) in [4.78, 5) is 12.2. The Morgan fingerprint density at radius 2 is 1.83 bits per heavy atom. The minimum Gasteiger partial charge on any atom is -0.497 e. The fourth-order valence-electron chi connectivity index (χ4n) is 2.31. The SMILES string of the molecule is COc1ccc(C(=O)O[C@@H]2[C@@H](O)[C@@H](OC)O[C@H](CO)[C@H]2O)cc1. The van der Waals surface area contributed by atoms with Crippen molar-refractivity contribution in [3.8, 4) is 5.75 Å². The lowest BCUT2D eigenvalue weighted by Gasteiger charge is -2.40. The third-order valence-electron chi connectivity index (χ3n) is 3.62. The number of carbonyl (C=O) groups is 1. The average Bonchev–Trinajstić information content (AvgIpc) is 2.58. The molecule has 0 aromatic heterocycles. The highest BCUT2D eigenvalue weighted by molar-refractivity contribution is 5.89. The van der Waals surface area contributed by atoms with E-state index in [4.69, 9.17) is 18.9 Å². The predicted octanol–water partition coefficient (Wildman–Crippen LogP) is -0.694. The zero-order valence-electron chi connectivity index (χ0n) is 12.8. The van der Waals surface area contributed by atoms with Gasteiger partial charge in [0.1, 0.15) is 24.1 Å². The number of rotatable bonds is 5. The lowest BCUT2D eigenvalue weighted by atomic mass is 9.99. The first kappa shape index (κ1) is 17.6. The first-order valence-electron chi connectivity index (χ1n) is 7.02. The summed E-state index contributed by atoms with van der Waals surface area (Å²) < 4.78 is 20.3. The van der Waals surface area contributed by atoms with Crippen molar-refractivity contribution in [2.24, 2.45) is 0 Å². The summed E-state index contributed by atoms with van der Waals surface area (Å²) >= 11 is 0. The predicted molar refractivity (Wildman–Crippen MR) is 77.0 cm³/mol. The second-order valence-corrected chi connectivity index (χ2v) is 5.04. The molecule has 1 aliphatic rings. The number of benzene rings is 1. The smallest absolute Gasteiger partial charge is 0.338 e. The Kier molecular flexibility index (Phi) is 5.91. The zero-order valence-corrected chi connectivity index (χ0v) is 12.8. The summed E-state index contributed by atoms with van der Waals surface area (Å²) in [5.41, 5.74) is 0.228. The molecule has 0 spiro atoms. The maximum Gasteiger partial charge on any atom is 0.338 e. The van der Waals surface area contributed by atoms with Crippen molar-refractivity contribution in [2.45, 2.75) is 30.7 Å². The summed E-state index contributed by atoms with van der Waals surface area (Å²) in [6.45, 7) is -0.510. The van der Waals surface area contributed by atoms with Crippen LogP contribution >= 0.6 is 0 Å². The Bertz CT molecular complexity index is 501. The summed E-state index contributed by atoms with van der Waals surface area (Å²) in [5.74, 6) is -0.156. The maximum atomic E-state index is 12.2. The average molecular weight is 328 g/mol.